The fourth-order valence-corrected chi connectivity index (χ4v) is 1.82. The lowest BCUT2D eigenvalue weighted by Crippen LogP contribution is -2.18. The van der Waals surface area contributed by atoms with Crippen LogP contribution in [0.2, 0.25) is 0 Å². The molecule has 4 nitrogen and oxygen atoms in total. The quantitative estimate of drug-likeness (QED) is 0.850. The predicted molar refractivity (Wildman–Crippen MR) is 72.5 cm³/mol. The maximum absolute atomic E-state index is 5.75. The Morgan fingerprint density at radius 3 is 2.67 bits per heavy atom. The first kappa shape index (κ1) is 12.6. The summed E-state index contributed by atoms with van der Waals surface area (Å²) in [7, 11) is 0. The number of benzene rings is 1. The second kappa shape index (κ2) is 5.69. The summed E-state index contributed by atoms with van der Waals surface area (Å²) in [5, 5.41) is 0. The summed E-state index contributed by atoms with van der Waals surface area (Å²) in [4.78, 5) is 7.61. The molecular weight excluding hydrogens is 226 g/mol. The second-order valence-corrected chi connectivity index (χ2v) is 4.38. The molecule has 0 aliphatic heterocycles. The minimum absolute atomic E-state index is 0.115. The topological polar surface area (TPSA) is 63.9 Å². The number of aromatic nitrogens is 2. The van der Waals surface area contributed by atoms with Gasteiger partial charge in [0, 0.05) is 12.5 Å². The van der Waals surface area contributed by atoms with Gasteiger partial charge >= 0.3 is 0 Å². The van der Waals surface area contributed by atoms with Crippen LogP contribution in [0.25, 0.3) is 11.3 Å². The molecule has 0 aliphatic carbocycles. The lowest BCUT2D eigenvalue weighted by Gasteiger charge is -2.04. The second-order valence-electron chi connectivity index (χ2n) is 4.38. The van der Waals surface area contributed by atoms with Crippen LogP contribution in [0.1, 0.15) is 19.7 Å². The summed E-state index contributed by atoms with van der Waals surface area (Å²) in [5.41, 5.74) is 7.86. The number of imidazole rings is 1. The lowest BCUT2D eigenvalue weighted by atomic mass is 10.1. The van der Waals surface area contributed by atoms with Gasteiger partial charge in [-0.15, -0.1) is 0 Å². The van der Waals surface area contributed by atoms with Crippen molar-refractivity contribution >= 4 is 0 Å². The van der Waals surface area contributed by atoms with E-state index in [1.165, 1.54) is 0 Å². The molecule has 2 rings (SSSR count). The molecule has 0 radical (unpaired) electrons. The normalized spacial score (nSPS) is 12.4. The van der Waals surface area contributed by atoms with Crippen molar-refractivity contribution in [2.75, 3.05) is 6.61 Å². The summed E-state index contributed by atoms with van der Waals surface area (Å²) < 4.78 is 5.41. The molecule has 18 heavy (non-hydrogen) atoms. The third kappa shape index (κ3) is 3.11. The van der Waals surface area contributed by atoms with Crippen LogP contribution in [0.4, 0.5) is 0 Å². The van der Waals surface area contributed by atoms with Crippen LogP contribution in [0, 0.1) is 0 Å². The van der Waals surface area contributed by atoms with E-state index in [9.17, 15) is 0 Å². The Hall–Kier alpha value is -1.81. The zero-order chi connectivity index (χ0) is 13.0. The van der Waals surface area contributed by atoms with Gasteiger partial charge in [0.05, 0.1) is 18.5 Å². The van der Waals surface area contributed by atoms with Crippen molar-refractivity contribution in [3.63, 3.8) is 0 Å². The van der Waals surface area contributed by atoms with E-state index in [-0.39, 0.29) is 6.04 Å². The molecule has 3 N–H and O–H groups in total. The van der Waals surface area contributed by atoms with Crippen LogP contribution in [0.15, 0.2) is 30.5 Å². The zero-order valence-electron chi connectivity index (χ0n) is 10.8. The molecule has 96 valence electrons. The van der Waals surface area contributed by atoms with Crippen LogP contribution >= 0.6 is 0 Å². The number of aromatic amines is 1. The molecule has 0 bridgehead atoms. The average molecular weight is 245 g/mol. The largest absolute Gasteiger partial charge is 0.494 e. The summed E-state index contributed by atoms with van der Waals surface area (Å²) in [6.07, 6.45) is 2.60. The first-order valence-electron chi connectivity index (χ1n) is 6.21. The molecule has 1 heterocycles. The van der Waals surface area contributed by atoms with Crippen LogP contribution in [0.5, 0.6) is 5.75 Å². The van der Waals surface area contributed by atoms with E-state index in [1.807, 2.05) is 44.3 Å². The highest BCUT2D eigenvalue weighted by Gasteiger charge is 2.05. The van der Waals surface area contributed by atoms with Gasteiger partial charge in [0.1, 0.15) is 11.6 Å². The minimum atomic E-state index is 0.115. The van der Waals surface area contributed by atoms with Crippen molar-refractivity contribution in [1.82, 2.24) is 9.97 Å². The molecule has 0 amide bonds. The first-order chi connectivity index (χ1) is 8.69. The van der Waals surface area contributed by atoms with Gasteiger partial charge in [-0.2, -0.15) is 0 Å². The summed E-state index contributed by atoms with van der Waals surface area (Å²) in [5.74, 6) is 1.81. The van der Waals surface area contributed by atoms with Crippen molar-refractivity contribution in [2.45, 2.75) is 26.3 Å². The molecule has 0 aliphatic rings. The van der Waals surface area contributed by atoms with E-state index < -0.39 is 0 Å². The van der Waals surface area contributed by atoms with Crippen LogP contribution in [-0.4, -0.2) is 22.6 Å². The smallest absolute Gasteiger partial charge is 0.119 e. The lowest BCUT2D eigenvalue weighted by molar-refractivity contribution is 0.340. The van der Waals surface area contributed by atoms with Crippen LogP contribution in [0.3, 0.4) is 0 Å². The maximum Gasteiger partial charge on any atom is 0.119 e. The molecule has 1 atom stereocenters. The Kier molecular flexibility index (Phi) is 3.99. The zero-order valence-corrected chi connectivity index (χ0v) is 10.8. The molecule has 0 spiro atoms. The van der Waals surface area contributed by atoms with Crippen molar-refractivity contribution in [1.29, 1.82) is 0 Å². The average Bonchev–Trinajstić information content (AvgIpc) is 2.78. The van der Waals surface area contributed by atoms with Crippen molar-refractivity contribution in [2.24, 2.45) is 5.73 Å². The Morgan fingerprint density at radius 1 is 1.33 bits per heavy atom. The van der Waals surface area contributed by atoms with Gasteiger partial charge in [0.2, 0.25) is 0 Å². The number of hydrogen-bond acceptors (Lipinski definition) is 3. The Bertz CT molecular complexity index is 488. The Morgan fingerprint density at radius 2 is 2.06 bits per heavy atom. The Labute approximate surface area is 107 Å². The van der Waals surface area contributed by atoms with Gasteiger partial charge in [0.15, 0.2) is 0 Å². The van der Waals surface area contributed by atoms with Crippen LogP contribution in [-0.2, 0) is 6.42 Å². The molecule has 2 aromatic rings. The van der Waals surface area contributed by atoms with E-state index in [1.54, 1.807) is 0 Å². The van der Waals surface area contributed by atoms with E-state index in [0.717, 1.165) is 29.3 Å². The van der Waals surface area contributed by atoms with Gasteiger partial charge in [-0.05, 0) is 43.7 Å². The van der Waals surface area contributed by atoms with Crippen molar-refractivity contribution in [3.05, 3.63) is 36.3 Å². The predicted octanol–water partition coefficient (Wildman–Crippen LogP) is 2.37. The third-order valence-corrected chi connectivity index (χ3v) is 2.62. The fourth-order valence-electron chi connectivity index (χ4n) is 1.82. The highest BCUT2D eigenvalue weighted by atomic mass is 16.5. The minimum Gasteiger partial charge on any atom is -0.494 e. The van der Waals surface area contributed by atoms with Gasteiger partial charge in [-0.3, -0.25) is 0 Å². The molecule has 1 aromatic carbocycles. The maximum atomic E-state index is 5.75. The van der Waals surface area contributed by atoms with E-state index >= 15 is 0 Å². The number of nitrogens with one attached hydrogen (secondary N) is 1. The molecule has 0 fully saturated rings. The van der Waals surface area contributed by atoms with Gasteiger partial charge in [0.25, 0.3) is 0 Å². The summed E-state index contributed by atoms with van der Waals surface area (Å²) in [6, 6.07) is 8.09. The molecule has 0 saturated heterocycles. The molecule has 1 unspecified atom stereocenters. The van der Waals surface area contributed by atoms with Crippen molar-refractivity contribution < 1.29 is 4.74 Å². The summed E-state index contributed by atoms with van der Waals surface area (Å²) >= 11 is 0. The third-order valence-electron chi connectivity index (χ3n) is 2.62. The molecule has 4 heteroatoms. The molecular formula is C14H19N3O. The van der Waals surface area contributed by atoms with Gasteiger partial charge in [-0.1, -0.05) is 0 Å². The number of hydrogen-bond donors (Lipinski definition) is 2. The van der Waals surface area contributed by atoms with E-state index in [4.69, 9.17) is 10.5 Å². The fraction of sp³-hybridized carbons (Fsp3) is 0.357. The first-order valence-corrected chi connectivity index (χ1v) is 6.21. The Balaban J connectivity index is 2.13. The SMILES string of the molecule is CCOc1ccc(-c2cnc(CC(C)N)[nH]2)cc1. The standard InChI is InChI=1S/C14H19N3O/c1-3-18-12-6-4-11(5-7-12)13-9-16-14(17-13)8-10(2)15/h4-7,9-10H,3,8,15H2,1-2H3,(H,16,17). The number of ether oxygens (including phenoxy) is 1. The highest BCUT2D eigenvalue weighted by Crippen LogP contribution is 2.21. The van der Waals surface area contributed by atoms with Gasteiger partial charge < -0.3 is 15.5 Å². The summed E-state index contributed by atoms with van der Waals surface area (Å²) in [6.45, 7) is 4.63. The van der Waals surface area contributed by atoms with E-state index in [0.29, 0.717) is 6.61 Å². The number of nitrogens with two attached hydrogens (primary N) is 1. The van der Waals surface area contributed by atoms with Gasteiger partial charge in [-0.25, -0.2) is 4.98 Å². The highest BCUT2D eigenvalue weighted by molar-refractivity contribution is 5.59. The number of H-pyrrole nitrogens is 1. The number of rotatable bonds is 5. The monoisotopic (exact) mass is 245 g/mol. The molecule has 0 saturated carbocycles. The molecule has 1 aromatic heterocycles. The van der Waals surface area contributed by atoms with E-state index in [2.05, 4.69) is 9.97 Å². The number of nitrogens with zero attached hydrogens (tertiary/aromatic N) is 1. The van der Waals surface area contributed by atoms with Crippen molar-refractivity contribution in [3.8, 4) is 17.0 Å². The van der Waals surface area contributed by atoms with Crippen LogP contribution < -0.4 is 10.5 Å².